The smallest absolute Gasteiger partial charge is 0.266 e. The van der Waals surface area contributed by atoms with Crippen molar-refractivity contribution in [3.8, 4) is 11.3 Å². The van der Waals surface area contributed by atoms with Gasteiger partial charge in [0.2, 0.25) is 5.91 Å². The predicted octanol–water partition coefficient (Wildman–Crippen LogP) is 2.53. The lowest BCUT2D eigenvalue weighted by molar-refractivity contribution is -0.132. The molecule has 1 aliphatic heterocycles. The molecule has 2 amide bonds. The molecule has 28 heavy (non-hydrogen) atoms. The van der Waals surface area contributed by atoms with Crippen LogP contribution in [0.4, 0.5) is 0 Å². The van der Waals surface area contributed by atoms with E-state index in [4.69, 9.17) is 10.2 Å². The average molecular weight is 378 g/mol. The van der Waals surface area contributed by atoms with Gasteiger partial charge in [-0.25, -0.2) is 4.98 Å². The zero-order chi connectivity index (χ0) is 19.7. The van der Waals surface area contributed by atoms with E-state index in [0.717, 1.165) is 17.1 Å². The molecule has 0 unspecified atom stereocenters. The van der Waals surface area contributed by atoms with E-state index in [0.29, 0.717) is 44.0 Å². The fraction of sp³-hybridized carbons (Fsp3) is 0.286. The molecular formula is C21H22N4O3. The van der Waals surface area contributed by atoms with Crippen molar-refractivity contribution in [1.29, 1.82) is 0 Å². The van der Waals surface area contributed by atoms with E-state index in [1.54, 1.807) is 9.47 Å². The highest BCUT2D eigenvalue weighted by molar-refractivity contribution is 5.91. The Bertz CT molecular complexity index is 1020. The van der Waals surface area contributed by atoms with E-state index in [9.17, 15) is 9.59 Å². The van der Waals surface area contributed by atoms with Crippen LogP contribution in [0.1, 0.15) is 34.1 Å². The van der Waals surface area contributed by atoms with Gasteiger partial charge in [0.05, 0.1) is 12.7 Å². The highest BCUT2D eigenvalue weighted by Crippen LogP contribution is 2.23. The van der Waals surface area contributed by atoms with Crippen molar-refractivity contribution in [1.82, 2.24) is 14.5 Å². The fourth-order valence-corrected chi connectivity index (χ4v) is 3.44. The second kappa shape index (κ2) is 7.34. The number of hydrogen-bond donors (Lipinski definition) is 1. The molecule has 0 spiro atoms. The van der Waals surface area contributed by atoms with Crippen LogP contribution in [0.5, 0.6) is 0 Å². The monoisotopic (exact) mass is 378 g/mol. The molecule has 2 N–H and O–H groups in total. The lowest BCUT2D eigenvalue weighted by Gasteiger charge is -2.28. The van der Waals surface area contributed by atoms with E-state index in [1.807, 2.05) is 43.3 Å². The molecule has 3 aromatic rings. The standard InChI is InChI=1S/C21H22N4O3/c1-14-2-4-15(5-3-14)18-8-6-16(28-18)7-9-20(26)24-10-11-25-17(21(22)27)12-23-19(25)13-24/h2-6,8,12H,7,9-11,13H2,1H3,(H2,22,27). The van der Waals surface area contributed by atoms with Gasteiger partial charge in [-0.15, -0.1) is 0 Å². The fourth-order valence-electron chi connectivity index (χ4n) is 3.44. The lowest BCUT2D eigenvalue weighted by Crippen LogP contribution is -2.39. The minimum absolute atomic E-state index is 0.0446. The van der Waals surface area contributed by atoms with Gasteiger partial charge < -0.3 is 19.6 Å². The van der Waals surface area contributed by atoms with Crippen molar-refractivity contribution in [3.05, 3.63) is 65.4 Å². The summed E-state index contributed by atoms with van der Waals surface area (Å²) >= 11 is 0. The van der Waals surface area contributed by atoms with E-state index >= 15 is 0 Å². The molecule has 4 rings (SSSR count). The highest BCUT2D eigenvalue weighted by Gasteiger charge is 2.24. The molecule has 2 aromatic heterocycles. The Morgan fingerprint density at radius 1 is 1.14 bits per heavy atom. The summed E-state index contributed by atoms with van der Waals surface area (Å²) in [6.45, 7) is 3.50. The number of benzene rings is 1. The predicted molar refractivity (Wildman–Crippen MR) is 103 cm³/mol. The number of nitrogens with zero attached hydrogens (tertiary/aromatic N) is 3. The maximum Gasteiger partial charge on any atom is 0.266 e. The van der Waals surface area contributed by atoms with Crippen LogP contribution in [0.25, 0.3) is 11.3 Å². The Hall–Kier alpha value is -3.35. The van der Waals surface area contributed by atoms with Crippen molar-refractivity contribution in [3.63, 3.8) is 0 Å². The average Bonchev–Trinajstić information content (AvgIpc) is 3.33. The van der Waals surface area contributed by atoms with Crippen molar-refractivity contribution < 1.29 is 14.0 Å². The molecule has 0 radical (unpaired) electrons. The van der Waals surface area contributed by atoms with Gasteiger partial charge in [0.1, 0.15) is 23.0 Å². The van der Waals surface area contributed by atoms with E-state index in [1.165, 1.54) is 11.8 Å². The molecule has 0 fully saturated rings. The van der Waals surface area contributed by atoms with Crippen LogP contribution < -0.4 is 5.73 Å². The number of aryl methyl sites for hydroxylation is 2. The Morgan fingerprint density at radius 2 is 1.93 bits per heavy atom. The van der Waals surface area contributed by atoms with Crippen molar-refractivity contribution in [2.24, 2.45) is 5.73 Å². The number of aromatic nitrogens is 2. The molecule has 0 aliphatic carbocycles. The summed E-state index contributed by atoms with van der Waals surface area (Å²) in [6.07, 6.45) is 2.38. The summed E-state index contributed by atoms with van der Waals surface area (Å²) < 4.78 is 7.68. The third kappa shape index (κ3) is 3.55. The second-order valence-electron chi connectivity index (χ2n) is 7.02. The Balaban J connectivity index is 1.36. The zero-order valence-corrected chi connectivity index (χ0v) is 15.7. The van der Waals surface area contributed by atoms with Gasteiger partial charge in [0, 0.05) is 31.5 Å². The molecule has 3 heterocycles. The van der Waals surface area contributed by atoms with Crippen molar-refractivity contribution in [2.45, 2.75) is 32.9 Å². The first kappa shape index (κ1) is 18.0. The molecule has 1 aromatic carbocycles. The molecule has 0 atom stereocenters. The Morgan fingerprint density at radius 3 is 2.68 bits per heavy atom. The highest BCUT2D eigenvalue weighted by atomic mass is 16.3. The number of hydrogen-bond acceptors (Lipinski definition) is 4. The third-order valence-corrected chi connectivity index (χ3v) is 5.05. The zero-order valence-electron chi connectivity index (χ0n) is 15.7. The summed E-state index contributed by atoms with van der Waals surface area (Å²) in [5.74, 6) is 1.83. The van der Waals surface area contributed by atoms with Crippen LogP contribution in [0, 0.1) is 6.92 Å². The van der Waals surface area contributed by atoms with Gasteiger partial charge in [-0.2, -0.15) is 0 Å². The van der Waals surface area contributed by atoms with E-state index in [2.05, 4.69) is 4.98 Å². The van der Waals surface area contributed by atoms with Gasteiger partial charge in [0.25, 0.3) is 5.91 Å². The first-order valence-corrected chi connectivity index (χ1v) is 9.29. The molecule has 0 saturated carbocycles. The number of amides is 2. The van der Waals surface area contributed by atoms with Crippen LogP contribution in [0.3, 0.4) is 0 Å². The van der Waals surface area contributed by atoms with E-state index < -0.39 is 5.91 Å². The Kier molecular flexibility index (Phi) is 4.73. The quantitative estimate of drug-likeness (QED) is 0.738. The normalized spacial score (nSPS) is 13.4. The number of carbonyl (C=O) groups is 2. The first-order valence-electron chi connectivity index (χ1n) is 9.29. The van der Waals surface area contributed by atoms with E-state index in [-0.39, 0.29) is 5.91 Å². The number of furan rings is 1. The van der Waals surface area contributed by atoms with Gasteiger partial charge >= 0.3 is 0 Å². The van der Waals surface area contributed by atoms with Crippen LogP contribution >= 0.6 is 0 Å². The topological polar surface area (TPSA) is 94.4 Å². The van der Waals surface area contributed by atoms with Gasteiger partial charge in [0.15, 0.2) is 0 Å². The molecule has 7 heteroatoms. The second-order valence-corrected chi connectivity index (χ2v) is 7.02. The largest absolute Gasteiger partial charge is 0.461 e. The number of nitrogens with two attached hydrogens (primary N) is 1. The summed E-state index contributed by atoms with van der Waals surface area (Å²) in [6, 6.07) is 12.0. The van der Waals surface area contributed by atoms with Crippen LogP contribution in [0.15, 0.2) is 47.0 Å². The van der Waals surface area contributed by atoms with Gasteiger partial charge in [-0.1, -0.05) is 29.8 Å². The first-order chi connectivity index (χ1) is 13.5. The maximum absolute atomic E-state index is 12.6. The molecule has 0 saturated heterocycles. The summed E-state index contributed by atoms with van der Waals surface area (Å²) in [7, 11) is 0. The minimum atomic E-state index is -0.499. The SMILES string of the molecule is Cc1ccc(-c2ccc(CCC(=O)N3CCn4c(C(N)=O)cnc4C3)o2)cc1. The van der Waals surface area contributed by atoms with Crippen LogP contribution in [0.2, 0.25) is 0 Å². The van der Waals surface area contributed by atoms with Crippen LogP contribution in [-0.2, 0) is 24.3 Å². The van der Waals surface area contributed by atoms with Crippen molar-refractivity contribution in [2.75, 3.05) is 6.54 Å². The number of fused-ring (bicyclic) bond motifs is 1. The summed E-state index contributed by atoms with van der Waals surface area (Å²) in [5.41, 5.74) is 7.96. The van der Waals surface area contributed by atoms with Gasteiger partial charge in [-0.3, -0.25) is 9.59 Å². The Labute approximate surface area is 162 Å². The maximum atomic E-state index is 12.6. The molecule has 0 bridgehead atoms. The molecule has 1 aliphatic rings. The molecular weight excluding hydrogens is 356 g/mol. The number of carbonyl (C=O) groups excluding carboxylic acids is 2. The third-order valence-electron chi connectivity index (χ3n) is 5.05. The number of primary amides is 1. The summed E-state index contributed by atoms with van der Waals surface area (Å²) in [4.78, 5) is 30.0. The number of rotatable bonds is 5. The number of imidazole rings is 1. The lowest BCUT2D eigenvalue weighted by atomic mass is 10.1. The summed E-state index contributed by atoms with van der Waals surface area (Å²) in [5, 5.41) is 0. The van der Waals surface area contributed by atoms with Gasteiger partial charge in [-0.05, 0) is 19.1 Å². The van der Waals surface area contributed by atoms with Crippen LogP contribution in [-0.4, -0.2) is 32.8 Å². The molecule has 7 nitrogen and oxygen atoms in total. The minimum Gasteiger partial charge on any atom is -0.461 e. The van der Waals surface area contributed by atoms with Crippen molar-refractivity contribution >= 4 is 11.8 Å². The molecule has 144 valence electrons.